The number of benzene rings is 3. The predicted molar refractivity (Wildman–Crippen MR) is 134 cm³/mol. The number of nitrogens with one attached hydrogen (secondary N) is 2. The van der Waals surface area contributed by atoms with Crippen molar-refractivity contribution in [3.63, 3.8) is 0 Å². The van der Waals surface area contributed by atoms with Gasteiger partial charge in [-0.15, -0.1) is 0 Å². The van der Waals surface area contributed by atoms with E-state index in [4.69, 9.17) is 0 Å². The van der Waals surface area contributed by atoms with Crippen molar-refractivity contribution in [2.24, 2.45) is 0 Å². The van der Waals surface area contributed by atoms with Crippen LogP contribution < -0.4 is 5.32 Å². The van der Waals surface area contributed by atoms with Crippen molar-refractivity contribution in [2.75, 3.05) is 5.32 Å². The molecule has 1 heterocycles. The smallest absolute Gasteiger partial charge is 0.225 e. The summed E-state index contributed by atoms with van der Waals surface area (Å²) in [6.45, 7) is 10.8. The summed E-state index contributed by atoms with van der Waals surface area (Å²) in [5.74, 6) is -0.0184. The Labute approximate surface area is 190 Å². The maximum Gasteiger partial charge on any atom is 0.225 e. The molecule has 164 valence electrons. The number of hydrogen-bond donors (Lipinski definition) is 2. The number of carbonyl (C=O) groups is 1. The fraction of sp³-hybridized carbons (Fsp3) is 0.276. The van der Waals surface area contributed by atoms with E-state index in [9.17, 15) is 4.79 Å². The summed E-state index contributed by atoms with van der Waals surface area (Å²) in [5, 5.41) is 4.27. The first-order valence-electron chi connectivity index (χ1n) is 11.3. The summed E-state index contributed by atoms with van der Waals surface area (Å²) >= 11 is 0. The zero-order chi connectivity index (χ0) is 22.9. The minimum Gasteiger partial charge on any atom is -0.361 e. The maximum absolute atomic E-state index is 13.1. The summed E-state index contributed by atoms with van der Waals surface area (Å²) in [6, 6.07) is 23.1. The fourth-order valence-electron chi connectivity index (χ4n) is 4.22. The molecule has 1 aromatic heterocycles. The highest BCUT2D eigenvalue weighted by Crippen LogP contribution is 2.35. The van der Waals surface area contributed by atoms with Gasteiger partial charge in [-0.05, 0) is 65.3 Å². The first-order valence-corrected chi connectivity index (χ1v) is 11.3. The molecule has 3 nitrogen and oxygen atoms in total. The second kappa shape index (κ2) is 8.66. The molecule has 32 heavy (non-hydrogen) atoms. The Morgan fingerprint density at radius 1 is 0.938 bits per heavy atom. The Bertz CT molecular complexity index is 1240. The van der Waals surface area contributed by atoms with E-state index in [0.29, 0.717) is 6.42 Å². The van der Waals surface area contributed by atoms with Gasteiger partial charge in [0.25, 0.3) is 0 Å². The molecule has 2 N–H and O–H groups in total. The highest BCUT2D eigenvalue weighted by molar-refractivity contribution is 5.93. The van der Waals surface area contributed by atoms with E-state index in [2.05, 4.69) is 93.6 Å². The van der Waals surface area contributed by atoms with E-state index in [0.717, 1.165) is 27.7 Å². The molecule has 0 radical (unpaired) electrons. The second-order valence-electron chi connectivity index (χ2n) is 9.77. The van der Waals surface area contributed by atoms with Gasteiger partial charge >= 0.3 is 0 Å². The van der Waals surface area contributed by atoms with Crippen LogP contribution in [0, 0.1) is 13.8 Å². The molecule has 0 aliphatic rings. The van der Waals surface area contributed by atoms with Crippen LogP contribution in [0.3, 0.4) is 0 Å². The topological polar surface area (TPSA) is 44.9 Å². The molecule has 4 rings (SSSR count). The highest BCUT2D eigenvalue weighted by atomic mass is 16.1. The van der Waals surface area contributed by atoms with Crippen LogP contribution in [0.4, 0.5) is 5.69 Å². The van der Waals surface area contributed by atoms with Gasteiger partial charge in [-0.3, -0.25) is 4.79 Å². The third kappa shape index (κ3) is 4.62. The number of amides is 1. The molecule has 0 saturated heterocycles. The molecule has 1 atom stereocenters. The van der Waals surface area contributed by atoms with Crippen molar-refractivity contribution in [2.45, 2.75) is 52.4 Å². The van der Waals surface area contributed by atoms with Crippen molar-refractivity contribution >= 4 is 22.5 Å². The van der Waals surface area contributed by atoms with E-state index in [1.54, 1.807) is 0 Å². The number of para-hydroxylation sites is 1. The van der Waals surface area contributed by atoms with Gasteiger partial charge in [0.1, 0.15) is 0 Å². The Morgan fingerprint density at radius 3 is 2.34 bits per heavy atom. The number of H-pyrrole nitrogens is 1. The summed E-state index contributed by atoms with van der Waals surface area (Å²) in [6.07, 6.45) is 2.43. The quantitative estimate of drug-likeness (QED) is 0.348. The van der Waals surface area contributed by atoms with Crippen LogP contribution in [0.5, 0.6) is 0 Å². The molecule has 0 fully saturated rings. The first-order chi connectivity index (χ1) is 15.2. The van der Waals surface area contributed by atoms with Crippen LogP contribution in [0.15, 0.2) is 72.9 Å². The van der Waals surface area contributed by atoms with Crippen molar-refractivity contribution in [1.29, 1.82) is 0 Å². The van der Waals surface area contributed by atoms with Crippen molar-refractivity contribution < 1.29 is 4.79 Å². The third-order valence-corrected chi connectivity index (χ3v) is 6.36. The van der Waals surface area contributed by atoms with Gasteiger partial charge in [0.05, 0.1) is 0 Å². The minimum absolute atomic E-state index is 0.0171. The zero-order valence-corrected chi connectivity index (χ0v) is 19.6. The number of aryl methyl sites for hydroxylation is 2. The summed E-state index contributed by atoms with van der Waals surface area (Å²) in [7, 11) is 0. The van der Waals surface area contributed by atoms with Gasteiger partial charge in [0.2, 0.25) is 5.91 Å². The van der Waals surface area contributed by atoms with E-state index < -0.39 is 0 Å². The van der Waals surface area contributed by atoms with Crippen LogP contribution in [-0.2, 0) is 10.2 Å². The number of hydrogen-bond acceptors (Lipinski definition) is 1. The molecule has 0 aliphatic carbocycles. The first kappa shape index (κ1) is 21.9. The highest BCUT2D eigenvalue weighted by Gasteiger charge is 2.22. The largest absolute Gasteiger partial charge is 0.361 e. The number of carbonyl (C=O) groups excluding carboxylic acids is 1. The molecular formula is C29H32N2O. The summed E-state index contributed by atoms with van der Waals surface area (Å²) < 4.78 is 0. The fourth-order valence-corrected chi connectivity index (χ4v) is 4.22. The Hall–Kier alpha value is -3.33. The molecule has 4 aromatic rings. The van der Waals surface area contributed by atoms with E-state index in [1.807, 2.05) is 24.3 Å². The lowest BCUT2D eigenvalue weighted by molar-refractivity contribution is -0.116. The number of aromatic amines is 1. The van der Waals surface area contributed by atoms with Gasteiger partial charge in [0, 0.05) is 35.1 Å². The second-order valence-corrected chi connectivity index (χ2v) is 9.77. The number of aromatic nitrogens is 1. The average Bonchev–Trinajstić information content (AvgIpc) is 3.18. The lowest BCUT2D eigenvalue weighted by Crippen LogP contribution is -2.17. The predicted octanol–water partition coefficient (Wildman–Crippen LogP) is 7.24. The van der Waals surface area contributed by atoms with Crippen molar-refractivity contribution in [3.8, 4) is 0 Å². The van der Waals surface area contributed by atoms with Crippen LogP contribution in [0.1, 0.15) is 60.9 Å². The Kier molecular flexibility index (Phi) is 5.92. The number of anilines is 1. The average molecular weight is 425 g/mol. The van der Waals surface area contributed by atoms with Gasteiger partial charge in [-0.1, -0.05) is 69.3 Å². The maximum atomic E-state index is 13.1. The SMILES string of the molecule is Cc1ccc(NC(=O)CC(c2ccc(C(C)(C)C)cc2)c2c[nH]c3ccccc23)cc1C. The zero-order valence-electron chi connectivity index (χ0n) is 19.6. The van der Waals surface area contributed by atoms with E-state index in [1.165, 1.54) is 16.7 Å². The van der Waals surface area contributed by atoms with Crippen LogP contribution in [0.2, 0.25) is 0 Å². The number of rotatable bonds is 5. The van der Waals surface area contributed by atoms with Crippen LogP contribution in [-0.4, -0.2) is 10.9 Å². The van der Waals surface area contributed by atoms with Crippen LogP contribution >= 0.6 is 0 Å². The molecule has 3 aromatic carbocycles. The summed E-state index contributed by atoms with van der Waals surface area (Å²) in [4.78, 5) is 16.5. The number of fused-ring (bicyclic) bond motifs is 1. The molecule has 1 unspecified atom stereocenters. The molecule has 0 spiro atoms. The molecule has 0 aliphatic heterocycles. The Balaban J connectivity index is 1.67. The van der Waals surface area contributed by atoms with Gasteiger partial charge in [0.15, 0.2) is 0 Å². The normalized spacial score (nSPS) is 12.7. The lowest BCUT2D eigenvalue weighted by atomic mass is 9.83. The summed E-state index contributed by atoms with van der Waals surface area (Å²) in [5.41, 5.74) is 8.02. The Morgan fingerprint density at radius 2 is 1.66 bits per heavy atom. The monoisotopic (exact) mass is 424 g/mol. The third-order valence-electron chi connectivity index (χ3n) is 6.36. The lowest BCUT2D eigenvalue weighted by Gasteiger charge is -2.22. The van der Waals surface area contributed by atoms with E-state index >= 15 is 0 Å². The minimum atomic E-state index is -0.0355. The van der Waals surface area contributed by atoms with E-state index in [-0.39, 0.29) is 17.2 Å². The van der Waals surface area contributed by atoms with Gasteiger partial charge in [-0.25, -0.2) is 0 Å². The van der Waals surface area contributed by atoms with Crippen molar-refractivity contribution in [3.05, 3.63) is 101 Å². The van der Waals surface area contributed by atoms with Gasteiger partial charge < -0.3 is 10.3 Å². The standard InChI is InChI=1S/C29H32N2O/c1-19-10-15-23(16-20(19)2)31-28(32)17-25(21-11-13-22(14-12-21)29(3,4)5)26-18-30-27-9-7-6-8-24(26)27/h6-16,18,25,30H,17H2,1-5H3,(H,31,32). The van der Waals surface area contributed by atoms with Crippen LogP contribution in [0.25, 0.3) is 10.9 Å². The van der Waals surface area contributed by atoms with Gasteiger partial charge in [-0.2, -0.15) is 0 Å². The van der Waals surface area contributed by atoms with Crippen molar-refractivity contribution in [1.82, 2.24) is 4.98 Å². The molecule has 1 amide bonds. The molecule has 0 bridgehead atoms. The molecule has 0 saturated carbocycles. The molecular weight excluding hydrogens is 392 g/mol. The molecule has 3 heteroatoms.